The van der Waals surface area contributed by atoms with Gasteiger partial charge in [0.05, 0.1) is 5.92 Å². The minimum absolute atomic E-state index is 0.333. The van der Waals surface area contributed by atoms with Crippen LogP contribution in [0.2, 0.25) is 5.02 Å². The predicted octanol–water partition coefficient (Wildman–Crippen LogP) is 3.21. The summed E-state index contributed by atoms with van der Waals surface area (Å²) in [6.07, 6.45) is 0. The lowest BCUT2D eigenvalue weighted by molar-refractivity contribution is -0.112. The fourth-order valence-corrected chi connectivity index (χ4v) is 1.37. The second kappa shape index (κ2) is 3.92. The molecular formula is C9H8Cl2O. The Morgan fingerprint density at radius 1 is 1.42 bits per heavy atom. The molecule has 0 bridgehead atoms. The Morgan fingerprint density at radius 3 is 2.50 bits per heavy atom. The molecule has 0 saturated heterocycles. The number of carbonyl (C=O) groups is 1. The van der Waals surface area contributed by atoms with Crippen molar-refractivity contribution in [2.45, 2.75) is 12.8 Å². The van der Waals surface area contributed by atoms with Crippen molar-refractivity contribution in [1.29, 1.82) is 0 Å². The van der Waals surface area contributed by atoms with E-state index in [1.165, 1.54) is 0 Å². The standard InChI is InChI=1S/C9H8Cl2O/c1-6(9(11)12)7-4-2-3-5-8(7)10/h2-6H,1H3. The quantitative estimate of drug-likeness (QED) is 0.674. The molecule has 3 heteroatoms. The third-order valence-electron chi connectivity index (χ3n) is 1.71. The van der Waals surface area contributed by atoms with Crippen LogP contribution in [0, 0.1) is 0 Å². The fraction of sp³-hybridized carbons (Fsp3) is 0.222. The SMILES string of the molecule is CC(C(=O)Cl)c1ccccc1Cl. The average Bonchev–Trinajstić information content (AvgIpc) is 2.04. The number of hydrogen-bond donors (Lipinski definition) is 0. The summed E-state index contributed by atoms with van der Waals surface area (Å²) in [4.78, 5) is 10.8. The second-order valence-electron chi connectivity index (χ2n) is 2.55. The van der Waals surface area contributed by atoms with E-state index in [1.807, 2.05) is 12.1 Å². The smallest absolute Gasteiger partial charge is 0.228 e. The highest BCUT2D eigenvalue weighted by atomic mass is 35.5. The first kappa shape index (κ1) is 9.56. The van der Waals surface area contributed by atoms with Gasteiger partial charge in [0.2, 0.25) is 5.24 Å². The molecule has 1 unspecified atom stereocenters. The van der Waals surface area contributed by atoms with Gasteiger partial charge in [-0.2, -0.15) is 0 Å². The highest BCUT2D eigenvalue weighted by molar-refractivity contribution is 6.64. The van der Waals surface area contributed by atoms with E-state index in [4.69, 9.17) is 23.2 Å². The maximum Gasteiger partial charge on any atom is 0.228 e. The molecule has 0 aromatic heterocycles. The highest BCUT2D eigenvalue weighted by Gasteiger charge is 2.14. The lowest BCUT2D eigenvalue weighted by Gasteiger charge is -2.07. The Kier molecular flexibility index (Phi) is 3.12. The van der Waals surface area contributed by atoms with Crippen molar-refractivity contribution < 1.29 is 4.79 Å². The van der Waals surface area contributed by atoms with Gasteiger partial charge in [-0.25, -0.2) is 0 Å². The average molecular weight is 203 g/mol. The van der Waals surface area contributed by atoms with Gasteiger partial charge in [-0.1, -0.05) is 36.7 Å². The summed E-state index contributed by atoms with van der Waals surface area (Å²) in [6, 6.07) is 7.19. The molecular weight excluding hydrogens is 195 g/mol. The van der Waals surface area contributed by atoms with E-state index in [2.05, 4.69) is 0 Å². The summed E-state index contributed by atoms with van der Waals surface area (Å²) < 4.78 is 0. The number of benzene rings is 1. The summed E-state index contributed by atoms with van der Waals surface area (Å²) in [7, 11) is 0. The molecule has 0 fully saturated rings. The normalized spacial score (nSPS) is 12.6. The molecule has 0 N–H and O–H groups in total. The largest absolute Gasteiger partial charge is 0.281 e. The van der Waals surface area contributed by atoms with Crippen LogP contribution in [0.4, 0.5) is 0 Å². The van der Waals surface area contributed by atoms with Gasteiger partial charge in [0.15, 0.2) is 0 Å². The van der Waals surface area contributed by atoms with E-state index < -0.39 is 0 Å². The molecule has 1 atom stereocenters. The summed E-state index contributed by atoms with van der Waals surface area (Å²) in [5.41, 5.74) is 0.777. The van der Waals surface area contributed by atoms with Gasteiger partial charge in [-0.05, 0) is 23.2 Å². The van der Waals surface area contributed by atoms with Crippen molar-refractivity contribution in [3.8, 4) is 0 Å². The van der Waals surface area contributed by atoms with E-state index in [0.717, 1.165) is 5.56 Å². The van der Waals surface area contributed by atoms with Crippen molar-refractivity contribution in [1.82, 2.24) is 0 Å². The van der Waals surface area contributed by atoms with Gasteiger partial charge in [0.25, 0.3) is 0 Å². The highest BCUT2D eigenvalue weighted by Crippen LogP contribution is 2.25. The second-order valence-corrected chi connectivity index (χ2v) is 3.33. The maximum atomic E-state index is 10.8. The van der Waals surface area contributed by atoms with Crippen LogP contribution in [0.25, 0.3) is 0 Å². The predicted molar refractivity (Wildman–Crippen MR) is 50.7 cm³/mol. The lowest BCUT2D eigenvalue weighted by atomic mass is 10.0. The van der Waals surface area contributed by atoms with Crippen LogP contribution in [0.15, 0.2) is 24.3 Å². The lowest BCUT2D eigenvalue weighted by Crippen LogP contribution is -2.01. The topological polar surface area (TPSA) is 17.1 Å². The number of rotatable bonds is 2. The van der Waals surface area contributed by atoms with Gasteiger partial charge < -0.3 is 0 Å². The van der Waals surface area contributed by atoms with E-state index in [9.17, 15) is 4.79 Å². The van der Waals surface area contributed by atoms with Gasteiger partial charge in [-0.15, -0.1) is 0 Å². The van der Waals surface area contributed by atoms with Crippen molar-refractivity contribution in [2.24, 2.45) is 0 Å². The Hall–Kier alpha value is -0.530. The molecule has 0 radical (unpaired) electrons. The minimum Gasteiger partial charge on any atom is -0.281 e. The first-order chi connectivity index (χ1) is 5.63. The molecule has 0 aliphatic rings. The van der Waals surface area contributed by atoms with E-state index >= 15 is 0 Å². The Labute approximate surface area is 81.3 Å². The Morgan fingerprint density at radius 2 is 2.00 bits per heavy atom. The van der Waals surface area contributed by atoms with Crippen molar-refractivity contribution in [2.75, 3.05) is 0 Å². The molecule has 0 heterocycles. The van der Waals surface area contributed by atoms with Crippen LogP contribution < -0.4 is 0 Å². The molecule has 0 saturated carbocycles. The molecule has 12 heavy (non-hydrogen) atoms. The van der Waals surface area contributed by atoms with Gasteiger partial charge in [0, 0.05) is 5.02 Å². The molecule has 0 spiro atoms. The molecule has 1 aromatic carbocycles. The Bertz CT molecular complexity index is 296. The molecule has 0 aliphatic heterocycles. The summed E-state index contributed by atoms with van der Waals surface area (Å²) >= 11 is 11.2. The third-order valence-corrected chi connectivity index (χ3v) is 2.38. The number of halogens is 2. The summed E-state index contributed by atoms with van der Waals surface area (Å²) in [5, 5.41) is 0.196. The van der Waals surface area contributed by atoms with E-state index in [1.54, 1.807) is 19.1 Å². The van der Waals surface area contributed by atoms with Crippen LogP contribution in [-0.2, 0) is 4.79 Å². The van der Waals surface area contributed by atoms with Crippen LogP contribution in [-0.4, -0.2) is 5.24 Å². The van der Waals surface area contributed by atoms with Crippen molar-refractivity contribution in [3.05, 3.63) is 34.9 Å². The van der Waals surface area contributed by atoms with Crippen molar-refractivity contribution in [3.63, 3.8) is 0 Å². The van der Waals surface area contributed by atoms with Gasteiger partial charge >= 0.3 is 0 Å². The summed E-state index contributed by atoms with van der Waals surface area (Å²) in [5.74, 6) is -0.333. The zero-order valence-electron chi connectivity index (χ0n) is 6.55. The van der Waals surface area contributed by atoms with Crippen LogP contribution in [0.5, 0.6) is 0 Å². The molecule has 1 aromatic rings. The first-order valence-corrected chi connectivity index (χ1v) is 4.32. The number of carbonyl (C=O) groups excluding carboxylic acids is 1. The van der Waals surface area contributed by atoms with Crippen LogP contribution in [0.3, 0.4) is 0 Å². The van der Waals surface area contributed by atoms with Crippen molar-refractivity contribution >= 4 is 28.4 Å². The zero-order valence-corrected chi connectivity index (χ0v) is 8.06. The summed E-state index contributed by atoms with van der Waals surface area (Å²) in [6.45, 7) is 1.73. The van der Waals surface area contributed by atoms with Crippen LogP contribution in [0.1, 0.15) is 18.4 Å². The molecule has 0 aliphatic carbocycles. The first-order valence-electron chi connectivity index (χ1n) is 3.56. The third kappa shape index (κ3) is 1.99. The van der Waals surface area contributed by atoms with E-state index in [0.29, 0.717) is 5.02 Å². The van der Waals surface area contributed by atoms with Gasteiger partial charge in [0.1, 0.15) is 0 Å². The molecule has 64 valence electrons. The minimum atomic E-state index is -0.386. The monoisotopic (exact) mass is 202 g/mol. The Balaban J connectivity index is 3.02. The molecule has 0 amide bonds. The molecule has 1 nitrogen and oxygen atoms in total. The zero-order chi connectivity index (χ0) is 9.14. The fourth-order valence-electron chi connectivity index (χ4n) is 0.949. The van der Waals surface area contributed by atoms with E-state index in [-0.39, 0.29) is 11.2 Å². The number of hydrogen-bond acceptors (Lipinski definition) is 1. The van der Waals surface area contributed by atoms with Crippen LogP contribution >= 0.6 is 23.2 Å². The maximum absolute atomic E-state index is 10.8. The van der Waals surface area contributed by atoms with Gasteiger partial charge in [-0.3, -0.25) is 4.79 Å². The molecule has 1 rings (SSSR count).